The van der Waals surface area contributed by atoms with Crippen molar-refractivity contribution in [3.63, 3.8) is 0 Å². The summed E-state index contributed by atoms with van der Waals surface area (Å²) in [4.78, 5) is 11.9. The van der Waals surface area contributed by atoms with Gasteiger partial charge in [0.2, 0.25) is 0 Å². The van der Waals surface area contributed by atoms with Gasteiger partial charge in [-0.2, -0.15) is 16.9 Å². The number of esters is 1. The maximum Gasteiger partial charge on any atom is 0.310 e. The van der Waals surface area contributed by atoms with Crippen LogP contribution in [0.3, 0.4) is 0 Å². The van der Waals surface area contributed by atoms with E-state index in [9.17, 15) is 4.79 Å². The molecule has 0 aliphatic carbocycles. The van der Waals surface area contributed by atoms with Gasteiger partial charge in [0, 0.05) is 30.1 Å². The molecule has 0 spiro atoms. The SMILES string of the molecule is CCOC(=O)Cc1ccc(OC)c(Oc2ccc(-c3cnn(C)c3)cc2CSC(C)C)c1. The number of carbonyl (C=O) groups excluding carboxylic acids is 1. The van der Waals surface area contributed by atoms with Crippen LogP contribution in [0.25, 0.3) is 11.1 Å². The molecule has 3 aromatic rings. The second-order valence-electron chi connectivity index (χ2n) is 7.65. The van der Waals surface area contributed by atoms with E-state index in [0.29, 0.717) is 23.4 Å². The fourth-order valence-electron chi connectivity index (χ4n) is 3.21. The van der Waals surface area contributed by atoms with Gasteiger partial charge in [-0.25, -0.2) is 0 Å². The van der Waals surface area contributed by atoms with Crippen LogP contribution < -0.4 is 9.47 Å². The van der Waals surface area contributed by atoms with Gasteiger partial charge in [0.05, 0.1) is 26.3 Å². The van der Waals surface area contributed by atoms with Crippen molar-refractivity contribution in [3.05, 3.63) is 59.9 Å². The smallest absolute Gasteiger partial charge is 0.310 e. The first kappa shape index (κ1) is 23.7. The van der Waals surface area contributed by atoms with E-state index in [1.54, 1.807) is 18.7 Å². The Morgan fingerprint density at radius 2 is 1.88 bits per heavy atom. The van der Waals surface area contributed by atoms with Crippen molar-refractivity contribution < 1.29 is 19.0 Å². The highest BCUT2D eigenvalue weighted by Crippen LogP contribution is 2.37. The minimum absolute atomic E-state index is 0.185. The largest absolute Gasteiger partial charge is 0.493 e. The van der Waals surface area contributed by atoms with Gasteiger partial charge >= 0.3 is 5.97 Å². The van der Waals surface area contributed by atoms with E-state index >= 15 is 0 Å². The van der Waals surface area contributed by atoms with Crippen molar-refractivity contribution in [2.75, 3.05) is 13.7 Å². The zero-order valence-corrected chi connectivity index (χ0v) is 20.1. The number of thioether (sulfide) groups is 1. The number of aromatic nitrogens is 2. The van der Waals surface area contributed by atoms with Gasteiger partial charge in [-0.05, 0) is 47.6 Å². The van der Waals surface area contributed by atoms with E-state index in [0.717, 1.165) is 33.8 Å². The standard InChI is InChI=1S/C25H30N2O4S/c1-6-30-25(28)12-18-7-9-23(29-5)24(11-18)31-22-10-8-19(21-14-26-27(4)15-21)13-20(22)16-32-17(2)3/h7-11,13-15,17H,6,12,16H2,1-5H3. The molecule has 7 heteroatoms. The molecule has 6 nitrogen and oxygen atoms in total. The number of rotatable bonds is 10. The Kier molecular flexibility index (Phi) is 8.22. The number of benzene rings is 2. The lowest BCUT2D eigenvalue weighted by Gasteiger charge is -2.16. The molecule has 0 saturated heterocycles. The van der Waals surface area contributed by atoms with E-state index in [1.807, 2.05) is 61.5 Å². The second kappa shape index (κ2) is 11.1. The predicted molar refractivity (Wildman–Crippen MR) is 128 cm³/mol. The predicted octanol–water partition coefficient (Wildman–Crippen LogP) is 5.64. The minimum atomic E-state index is -0.265. The maximum atomic E-state index is 11.9. The molecule has 0 atom stereocenters. The van der Waals surface area contributed by atoms with Gasteiger partial charge in [-0.15, -0.1) is 0 Å². The number of aryl methyl sites for hydroxylation is 1. The maximum absolute atomic E-state index is 11.9. The monoisotopic (exact) mass is 454 g/mol. The number of carbonyl (C=O) groups is 1. The Labute approximate surface area is 193 Å². The van der Waals surface area contributed by atoms with Crippen LogP contribution in [-0.2, 0) is 28.8 Å². The Morgan fingerprint density at radius 1 is 1.09 bits per heavy atom. The summed E-state index contributed by atoms with van der Waals surface area (Å²) in [6, 6.07) is 11.7. The first-order valence-electron chi connectivity index (χ1n) is 10.6. The molecule has 0 amide bonds. The Bertz CT molecular complexity index is 1060. The van der Waals surface area contributed by atoms with Crippen molar-refractivity contribution in [3.8, 4) is 28.4 Å². The number of methoxy groups -OCH3 is 1. The highest BCUT2D eigenvalue weighted by atomic mass is 32.2. The molecule has 0 aliphatic rings. The minimum Gasteiger partial charge on any atom is -0.493 e. The lowest BCUT2D eigenvalue weighted by atomic mass is 10.1. The molecule has 0 aliphatic heterocycles. The molecule has 32 heavy (non-hydrogen) atoms. The third-order valence-electron chi connectivity index (χ3n) is 4.77. The molecule has 0 bridgehead atoms. The van der Waals surface area contributed by atoms with Crippen LogP contribution in [0.15, 0.2) is 48.8 Å². The lowest BCUT2D eigenvalue weighted by molar-refractivity contribution is -0.142. The molecule has 2 aromatic carbocycles. The van der Waals surface area contributed by atoms with Crippen LogP contribution in [0.4, 0.5) is 0 Å². The molecular weight excluding hydrogens is 424 g/mol. The van der Waals surface area contributed by atoms with Gasteiger partial charge < -0.3 is 14.2 Å². The van der Waals surface area contributed by atoms with Crippen molar-refractivity contribution >= 4 is 17.7 Å². The molecular formula is C25H30N2O4S. The first-order chi connectivity index (χ1) is 15.4. The van der Waals surface area contributed by atoms with E-state index in [4.69, 9.17) is 14.2 Å². The van der Waals surface area contributed by atoms with Crippen molar-refractivity contribution in [2.45, 2.75) is 38.2 Å². The highest BCUT2D eigenvalue weighted by Gasteiger charge is 2.14. The zero-order valence-electron chi connectivity index (χ0n) is 19.3. The first-order valence-corrected chi connectivity index (χ1v) is 11.7. The summed E-state index contributed by atoms with van der Waals surface area (Å²) in [6.45, 7) is 6.51. The Hall–Kier alpha value is -2.93. The summed E-state index contributed by atoms with van der Waals surface area (Å²) in [7, 11) is 3.51. The van der Waals surface area contributed by atoms with Gasteiger partial charge in [-0.3, -0.25) is 9.48 Å². The van der Waals surface area contributed by atoms with Gasteiger partial charge in [0.1, 0.15) is 5.75 Å². The molecule has 0 N–H and O–H groups in total. The molecule has 0 saturated carbocycles. The number of hydrogen-bond donors (Lipinski definition) is 0. The van der Waals surface area contributed by atoms with Crippen LogP contribution in [0.2, 0.25) is 0 Å². The third-order valence-corrected chi connectivity index (χ3v) is 5.92. The fourth-order valence-corrected chi connectivity index (χ4v) is 3.94. The van der Waals surface area contributed by atoms with Crippen LogP contribution in [0.5, 0.6) is 17.2 Å². The van der Waals surface area contributed by atoms with E-state index in [1.165, 1.54) is 0 Å². The highest BCUT2D eigenvalue weighted by molar-refractivity contribution is 7.99. The number of hydrogen-bond acceptors (Lipinski definition) is 6. The summed E-state index contributed by atoms with van der Waals surface area (Å²) in [5.74, 6) is 2.48. The van der Waals surface area contributed by atoms with Crippen molar-refractivity contribution in [2.24, 2.45) is 7.05 Å². The van der Waals surface area contributed by atoms with Gasteiger partial charge in [0.25, 0.3) is 0 Å². The fraction of sp³-hybridized carbons (Fsp3) is 0.360. The van der Waals surface area contributed by atoms with Crippen molar-refractivity contribution in [1.82, 2.24) is 9.78 Å². The number of nitrogens with zero attached hydrogens (tertiary/aromatic N) is 2. The lowest BCUT2D eigenvalue weighted by Crippen LogP contribution is -2.07. The molecule has 0 fully saturated rings. The molecule has 170 valence electrons. The summed E-state index contributed by atoms with van der Waals surface area (Å²) in [6.07, 6.45) is 4.04. The van der Waals surface area contributed by atoms with Crippen LogP contribution in [0, 0.1) is 0 Å². The average molecular weight is 455 g/mol. The summed E-state index contributed by atoms with van der Waals surface area (Å²) in [5, 5.41) is 4.77. The molecule has 1 heterocycles. The van der Waals surface area contributed by atoms with E-state index < -0.39 is 0 Å². The van der Waals surface area contributed by atoms with Crippen molar-refractivity contribution in [1.29, 1.82) is 0 Å². The normalized spacial score (nSPS) is 10.9. The number of ether oxygens (including phenoxy) is 3. The summed E-state index contributed by atoms with van der Waals surface area (Å²) < 4.78 is 18.7. The summed E-state index contributed by atoms with van der Waals surface area (Å²) in [5.41, 5.74) is 4.05. The van der Waals surface area contributed by atoms with Gasteiger partial charge in [0.15, 0.2) is 11.5 Å². The summed E-state index contributed by atoms with van der Waals surface area (Å²) >= 11 is 1.85. The molecule has 1 aromatic heterocycles. The van der Waals surface area contributed by atoms with E-state index in [2.05, 4.69) is 25.0 Å². The average Bonchev–Trinajstić information content (AvgIpc) is 3.19. The van der Waals surface area contributed by atoms with E-state index in [-0.39, 0.29) is 12.4 Å². The zero-order chi connectivity index (χ0) is 23.1. The van der Waals surface area contributed by atoms with Gasteiger partial charge in [-0.1, -0.05) is 26.0 Å². The molecule has 3 rings (SSSR count). The molecule has 0 unspecified atom stereocenters. The Balaban J connectivity index is 1.93. The van der Waals surface area contributed by atoms with Crippen LogP contribution in [0.1, 0.15) is 31.9 Å². The second-order valence-corrected chi connectivity index (χ2v) is 9.22. The topological polar surface area (TPSA) is 62.6 Å². The quantitative estimate of drug-likeness (QED) is 0.370. The Morgan fingerprint density at radius 3 is 2.53 bits per heavy atom. The molecule has 0 radical (unpaired) electrons. The van der Waals surface area contributed by atoms with Crippen LogP contribution in [-0.4, -0.2) is 34.7 Å². The third kappa shape index (κ3) is 6.29. The van der Waals surface area contributed by atoms with Crippen LogP contribution >= 0.6 is 11.8 Å².